The van der Waals surface area contributed by atoms with Gasteiger partial charge in [-0.05, 0) is 24.6 Å². The number of nitrogens with zero attached hydrogens (tertiary/aromatic N) is 3. The predicted octanol–water partition coefficient (Wildman–Crippen LogP) is 4.66. The smallest absolute Gasteiger partial charge is 0.339 e. The Morgan fingerprint density at radius 3 is 2.21 bits per heavy atom. The molecule has 0 radical (unpaired) electrons. The second-order valence-electron chi connectivity index (χ2n) is 7.84. The van der Waals surface area contributed by atoms with Crippen LogP contribution in [0, 0.1) is 6.92 Å². The molecule has 1 saturated heterocycles. The van der Waals surface area contributed by atoms with E-state index in [1.165, 1.54) is 23.1 Å². The lowest BCUT2D eigenvalue weighted by molar-refractivity contribution is -0.138. The van der Waals surface area contributed by atoms with E-state index in [4.69, 9.17) is 0 Å². The fourth-order valence-corrected chi connectivity index (χ4v) is 4.44. The van der Waals surface area contributed by atoms with E-state index in [9.17, 15) is 22.8 Å². The molecule has 2 aromatic carbocycles. The summed E-state index contributed by atoms with van der Waals surface area (Å²) in [4.78, 5) is 32.9. The Hall–Kier alpha value is -3.20. The Bertz CT molecular complexity index is 1150. The highest BCUT2D eigenvalue weighted by atomic mass is 32.1. The van der Waals surface area contributed by atoms with E-state index in [1.54, 1.807) is 16.2 Å². The molecule has 4 rings (SSSR count). The molecule has 172 valence electrons. The van der Waals surface area contributed by atoms with Crippen molar-refractivity contribution in [2.45, 2.75) is 19.5 Å². The van der Waals surface area contributed by atoms with Crippen LogP contribution in [0.5, 0.6) is 0 Å². The first-order valence-corrected chi connectivity index (χ1v) is 11.3. The van der Waals surface area contributed by atoms with Crippen LogP contribution in [0.4, 0.5) is 13.2 Å². The highest BCUT2D eigenvalue weighted by Gasteiger charge is 2.36. The maximum atomic E-state index is 13.2. The Morgan fingerprint density at radius 2 is 1.61 bits per heavy atom. The molecule has 0 saturated carbocycles. The molecule has 0 atom stereocenters. The van der Waals surface area contributed by atoms with Crippen molar-refractivity contribution in [2.24, 2.45) is 0 Å². The summed E-state index contributed by atoms with van der Waals surface area (Å²) in [6.45, 7) is 2.91. The minimum absolute atomic E-state index is 0.0740. The second kappa shape index (κ2) is 9.35. The molecule has 3 aromatic rings. The summed E-state index contributed by atoms with van der Waals surface area (Å²) in [6.07, 6.45) is -4.38. The van der Waals surface area contributed by atoms with Crippen molar-refractivity contribution < 1.29 is 22.8 Å². The number of hydrogen-bond donors (Lipinski definition) is 0. The standard InChI is InChI=1S/C24H22F3N3O2S/c1-16-28-21(15-33-16)18-8-6-17(7-9-18)14-22(31)29-10-12-30(13-11-29)23(32)19-4-2-3-5-20(19)24(25,26)27/h2-9,15H,10-14H2,1H3. The van der Waals surface area contributed by atoms with Crippen molar-refractivity contribution >= 4 is 23.2 Å². The molecule has 33 heavy (non-hydrogen) atoms. The summed E-state index contributed by atoms with van der Waals surface area (Å²) < 4.78 is 39.7. The van der Waals surface area contributed by atoms with E-state index in [2.05, 4.69) is 4.98 Å². The summed E-state index contributed by atoms with van der Waals surface area (Å²) in [5, 5.41) is 2.98. The van der Waals surface area contributed by atoms with Gasteiger partial charge in [0.15, 0.2) is 0 Å². The molecular formula is C24H22F3N3O2S. The summed E-state index contributed by atoms with van der Waals surface area (Å²) in [5.74, 6) is -0.738. The number of aryl methyl sites for hydroxylation is 1. The first-order chi connectivity index (χ1) is 15.7. The van der Waals surface area contributed by atoms with Crippen LogP contribution in [0.2, 0.25) is 0 Å². The second-order valence-corrected chi connectivity index (χ2v) is 8.90. The van der Waals surface area contributed by atoms with Crippen LogP contribution in [0.1, 0.15) is 26.5 Å². The van der Waals surface area contributed by atoms with Gasteiger partial charge in [0.25, 0.3) is 5.91 Å². The average Bonchev–Trinajstić information content (AvgIpc) is 3.25. The molecule has 0 spiro atoms. The van der Waals surface area contributed by atoms with Crippen molar-refractivity contribution in [2.75, 3.05) is 26.2 Å². The number of aromatic nitrogens is 1. The van der Waals surface area contributed by atoms with Crippen molar-refractivity contribution in [3.8, 4) is 11.3 Å². The number of hydrogen-bond acceptors (Lipinski definition) is 4. The van der Waals surface area contributed by atoms with E-state index in [0.717, 1.165) is 27.9 Å². The van der Waals surface area contributed by atoms with E-state index in [1.807, 2.05) is 36.6 Å². The van der Waals surface area contributed by atoms with Gasteiger partial charge in [0.2, 0.25) is 5.91 Å². The first-order valence-electron chi connectivity index (χ1n) is 10.5. The van der Waals surface area contributed by atoms with Crippen LogP contribution < -0.4 is 0 Å². The van der Waals surface area contributed by atoms with Crippen LogP contribution in [-0.4, -0.2) is 52.8 Å². The number of halogens is 3. The first kappa shape index (κ1) is 23.0. The molecule has 2 amide bonds. The molecule has 0 aliphatic carbocycles. The maximum absolute atomic E-state index is 13.2. The minimum Gasteiger partial charge on any atom is -0.339 e. The molecule has 0 bridgehead atoms. The van der Waals surface area contributed by atoms with Gasteiger partial charge >= 0.3 is 6.18 Å². The third kappa shape index (κ3) is 5.24. The van der Waals surface area contributed by atoms with Crippen LogP contribution >= 0.6 is 11.3 Å². The average molecular weight is 474 g/mol. The number of piperazine rings is 1. The van der Waals surface area contributed by atoms with E-state index in [0.29, 0.717) is 0 Å². The lowest BCUT2D eigenvalue weighted by Crippen LogP contribution is -2.51. The molecule has 1 aliphatic rings. The Labute approximate surface area is 193 Å². The van der Waals surface area contributed by atoms with Crippen molar-refractivity contribution in [3.05, 3.63) is 75.6 Å². The van der Waals surface area contributed by atoms with Gasteiger partial charge in [-0.2, -0.15) is 13.2 Å². The van der Waals surface area contributed by atoms with Gasteiger partial charge in [0, 0.05) is 37.1 Å². The van der Waals surface area contributed by atoms with Crippen LogP contribution in [0.3, 0.4) is 0 Å². The van der Waals surface area contributed by atoms with Crippen molar-refractivity contribution in [1.29, 1.82) is 0 Å². The van der Waals surface area contributed by atoms with Gasteiger partial charge in [-0.15, -0.1) is 11.3 Å². The highest BCUT2D eigenvalue weighted by molar-refractivity contribution is 7.09. The van der Waals surface area contributed by atoms with Gasteiger partial charge < -0.3 is 9.80 Å². The van der Waals surface area contributed by atoms with Crippen LogP contribution in [0.25, 0.3) is 11.3 Å². The quantitative estimate of drug-likeness (QED) is 0.554. The molecule has 2 heterocycles. The number of alkyl halides is 3. The zero-order valence-corrected chi connectivity index (χ0v) is 18.7. The number of amides is 2. The van der Waals surface area contributed by atoms with E-state index >= 15 is 0 Å². The van der Waals surface area contributed by atoms with Gasteiger partial charge in [0.05, 0.1) is 28.2 Å². The summed E-state index contributed by atoms with van der Waals surface area (Å²) in [7, 11) is 0. The van der Waals surface area contributed by atoms with Crippen molar-refractivity contribution in [3.63, 3.8) is 0 Å². The van der Waals surface area contributed by atoms with E-state index in [-0.39, 0.29) is 44.1 Å². The lowest BCUT2D eigenvalue weighted by Gasteiger charge is -2.35. The number of carbonyl (C=O) groups is 2. The van der Waals surface area contributed by atoms with Gasteiger partial charge in [-0.3, -0.25) is 9.59 Å². The normalized spacial score (nSPS) is 14.4. The number of benzene rings is 2. The minimum atomic E-state index is -4.60. The lowest BCUT2D eigenvalue weighted by atomic mass is 10.0. The zero-order valence-electron chi connectivity index (χ0n) is 17.9. The Kier molecular flexibility index (Phi) is 6.51. The molecular weight excluding hydrogens is 451 g/mol. The molecule has 0 N–H and O–H groups in total. The number of thiazole rings is 1. The van der Waals surface area contributed by atoms with Gasteiger partial charge in [-0.25, -0.2) is 4.98 Å². The SMILES string of the molecule is Cc1nc(-c2ccc(CC(=O)N3CCN(C(=O)c4ccccc4C(F)(F)F)CC3)cc2)cs1. The van der Waals surface area contributed by atoms with Crippen molar-refractivity contribution in [1.82, 2.24) is 14.8 Å². The highest BCUT2D eigenvalue weighted by Crippen LogP contribution is 2.32. The topological polar surface area (TPSA) is 53.5 Å². The third-order valence-electron chi connectivity index (χ3n) is 5.61. The molecule has 1 aromatic heterocycles. The monoisotopic (exact) mass is 473 g/mol. The Morgan fingerprint density at radius 1 is 0.970 bits per heavy atom. The molecule has 5 nitrogen and oxygen atoms in total. The largest absolute Gasteiger partial charge is 0.417 e. The Balaban J connectivity index is 1.34. The number of rotatable bonds is 4. The maximum Gasteiger partial charge on any atom is 0.417 e. The fraction of sp³-hybridized carbons (Fsp3) is 0.292. The van der Waals surface area contributed by atoms with Gasteiger partial charge in [-0.1, -0.05) is 36.4 Å². The summed E-state index contributed by atoms with van der Waals surface area (Å²) >= 11 is 1.58. The molecule has 1 fully saturated rings. The predicted molar refractivity (Wildman–Crippen MR) is 120 cm³/mol. The molecule has 0 unspecified atom stereocenters. The zero-order chi connectivity index (χ0) is 23.6. The fourth-order valence-electron chi connectivity index (χ4n) is 3.82. The molecule has 9 heteroatoms. The van der Waals surface area contributed by atoms with Gasteiger partial charge in [0.1, 0.15) is 0 Å². The van der Waals surface area contributed by atoms with Crippen LogP contribution in [0.15, 0.2) is 53.9 Å². The summed E-state index contributed by atoms with van der Waals surface area (Å²) in [6, 6.07) is 12.5. The molecule has 1 aliphatic heterocycles. The third-order valence-corrected chi connectivity index (χ3v) is 6.38. The number of carbonyl (C=O) groups excluding carboxylic acids is 2. The van der Waals surface area contributed by atoms with E-state index < -0.39 is 17.6 Å². The summed E-state index contributed by atoms with van der Waals surface area (Å²) in [5.41, 5.74) is 1.46. The van der Waals surface area contributed by atoms with Crippen LogP contribution in [-0.2, 0) is 17.4 Å².